The molecule has 1 fully saturated rings. The number of likely N-dealkylation sites (tertiary alicyclic amines) is 1. The number of carbonyl (C=O) groups is 2. The van der Waals surface area contributed by atoms with Gasteiger partial charge in [-0.25, -0.2) is 0 Å². The van der Waals surface area contributed by atoms with Crippen molar-refractivity contribution < 1.29 is 9.59 Å². The highest BCUT2D eigenvalue weighted by Gasteiger charge is 2.20. The number of nitrogens with zero attached hydrogens (tertiary/aromatic N) is 1. The maximum absolute atomic E-state index is 12.5. The van der Waals surface area contributed by atoms with Crippen LogP contribution in [0.15, 0.2) is 60.7 Å². The highest BCUT2D eigenvalue weighted by Crippen LogP contribution is 2.18. The van der Waals surface area contributed by atoms with Crippen LogP contribution in [0.1, 0.15) is 47.6 Å². The fourth-order valence-corrected chi connectivity index (χ4v) is 3.55. The fourth-order valence-electron chi connectivity index (χ4n) is 3.55. The molecule has 1 aliphatic rings. The molecule has 0 aliphatic carbocycles. The van der Waals surface area contributed by atoms with E-state index < -0.39 is 0 Å². The third-order valence-corrected chi connectivity index (χ3v) is 5.08. The van der Waals surface area contributed by atoms with Gasteiger partial charge in [-0.2, -0.15) is 0 Å². The Balaban J connectivity index is 1.44. The monoisotopic (exact) mass is 379 g/mol. The number of rotatable bonds is 9. The number of hydrogen-bond donors (Lipinski definition) is 2. The van der Waals surface area contributed by atoms with Gasteiger partial charge in [0.15, 0.2) is 0 Å². The van der Waals surface area contributed by atoms with Crippen LogP contribution in [-0.4, -0.2) is 42.9 Å². The van der Waals surface area contributed by atoms with Crippen LogP contribution in [0.4, 0.5) is 0 Å². The number of benzene rings is 2. The Kier molecular flexibility index (Phi) is 7.62. The van der Waals surface area contributed by atoms with E-state index in [1.165, 1.54) is 12.8 Å². The third kappa shape index (κ3) is 6.20. The van der Waals surface area contributed by atoms with Crippen molar-refractivity contribution in [3.8, 4) is 0 Å². The second-order valence-electron chi connectivity index (χ2n) is 7.26. The first-order valence-electron chi connectivity index (χ1n) is 10.1. The first kappa shape index (κ1) is 20.1. The molecule has 5 heteroatoms. The zero-order valence-corrected chi connectivity index (χ0v) is 16.3. The molecule has 5 nitrogen and oxygen atoms in total. The van der Waals surface area contributed by atoms with E-state index in [2.05, 4.69) is 27.7 Å². The molecule has 0 aromatic heterocycles. The van der Waals surface area contributed by atoms with Crippen LogP contribution < -0.4 is 10.6 Å². The number of nitrogens with one attached hydrogen (secondary N) is 2. The van der Waals surface area contributed by atoms with Crippen LogP contribution >= 0.6 is 0 Å². The largest absolute Gasteiger partial charge is 0.352 e. The summed E-state index contributed by atoms with van der Waals surface area (Å²) in [5, 5.41) is 6.06. The molecule has 2 N–H and O–H groups in total. The molecule has 28 heavy (non-hydrogen) atoms. The van der Waals surface area contributed by atoms with Crippen LogP contribution in [0.2, 0.25) is 0 Å². The summed E-state index contributed by atoms with van der Waals surface area (Å²) in [6, 6.07) is 19.3. The van der Waals surface area contributed by atoms with Gasteiger partial charge in [0.25, 0.3) is 5.91 Å². The van der Waals surface area contributed by atoms with Gasteiger partial charge in [-0.15, -0.1) is 0 Å². The standard InChI is InChI=1S/C23H29N3O2/c27-22(14-9-15-24-23(28)20-12-5-2-6-13-20)25-21(18-26-16-7-8-17-26)19-10-3-1-4-11-19/h1-6,10-13,21H,7-9,14-18H2,(H,24,28)(H,25,27). The summed E-state index contributed by atoms with van der Waals surface area (Å²) in [5.74, 6) is -0.0702. The topological polar surface area (TPSA) is 61.4 Å². The summed E-state index contributed by atoms with van der Waals surface area (Å²) < 4.78 is 0. The van der Waals surface area contributed by atoms with Gasteiger partial charge in [0.05, 0.1) is 6.04 Å². The van der Waals surface area contributed by atoms with Gasteiger partial charge in [0.1, 0.15) is 0 Å². The summed E-state index contributed by atoms with van der Waals surface area (Å²) in [5.41, 5.74) is 1.78. The zero-order valence-electron chi connectivity index (χ0n) is 16.3. The fraction of sp³-hybridized carbons (Fsp3) is 0.391. The molecule has 2 aromatic carbocycles. The Bertz CT molecular complexity index is 743. The lowest BCUT2D eigenvalue weighted by atomic mass is 10.1. The number of amides is 2. The normalized spacial score (nSPS) is 15.1. The quantitative estimate of drug-likeness (QED) is 0.658. The van der Waals surface area contributed by atoms with E-state index in [1.807, 2.05) is 36.4 Å². The van der Waals surface area contributed by atoms with E-state index in [9.17, 15) is 9.59 Å². The molecule has 0 spiro atoms. The summed E-state index contributed by atoms with van der Waals surface area (Å²) in [7, 11) is 0. The van der Waals surface area contributed by atoms with Crippen LogP contribution in [-0.2, 0) is 4.79 Å². The van der Waals surface area contributed by atoms with Crippen LogP contribution in [0.5, 0.6) is 0 Å². The van der Waals surface area contributed by atoms with Gasteiger partial charge >= 0.3 is 0 Å². The molecule has 0 radical (unpaired) electrons. The molecule has 3 rings (SSSR count). The van der Waals surface area contributed by atoms with Crippen LogP contribution in [0.25, 0.3) is 0 Å². The number of carbonyl (C=O) groups excluding carboxylic acids is 2. The molecular formula is C23H29N3O2. The first-order valence-corrected chi connectivity index (χ1v) is 10.1. The smallest absolute Gasteiger partial charge is 0.251 e. The Hall–Kier alpha value is -2.66. The minimum absolute atomic E-state index is 0.00529. The van der Waals surface area contributed by atoms with E-state index >= 15 is 0 Å². The lowest BCUT2D eigenvalue weighted by molar-refractivity contribution is -0.122. The van der Waals surface area contributed by atoms with Crippen molar-refractivity contribution >= 4 is 11.8 Å². The van der Waals surface area contributed by atoms with E-state index in [-0.39, 0.29) is 17.9 Å². The van der Waals surface area contributed by atoms with Crippen molar-refractivity contribution in [2.75, 3.05) is 26.2 Å². The van der Waals surface area contributed by atoms with E-state index in [0.717, 1.165) is 25.2 Å². The second-order valence-corrected chi connectivity index (χ2v) is 7.26. The minimum atomic E-state index is -0.0998. The molecule has 2 aromatic rings. The average Bonchev–Trinajstić information content (AvgIpc) is 3.25. The molecule has 148 valence electrons. The molecular weight excluding hydrogens is 350 g/mol. The zero-order chi connectivity index (χ0) is 19.6. The molecule has 1 atom stereocenters. The third-order valence-electron chi connectivity index (χ3n) is 5.08. The van der Waals surface area contributed by atoms with Crippen molar-refractivity contribution in [2.24, 2.45) is 0 Å². The number of hydrogen-bond acceptors (Lipinski definition) is 3. The van der Waals surface area contributed by atoms with Crippen molar-refractivity contribution in [2.45, 2.75) is 31.7 Å². The van der Waals surface area contributed by atoms with Gasteiger partial charge in [0, 0.05) is 25.1 Å². The molecule has 1 aliphatic heterocycles. The first-order chi connectivity index (χ1) is 13.7. The van der Waals surface area contributed by atoms with Gasteiger partial charge in [-0.1, -0.05) is 48.5 Å². The Morgan fingerprint density at radius 2 is 1.57 bits per heavy atom. The Morgan fingerprint density at radius 3 is 2.25 bits per heavy atom. The van der Waals surface area contributed by atoms with Crippen LogP contribution in [0, 0.1) is 0 Å². The Labute approximate surface area is 167 Å². The van der Waals surface area contributed by atoms with Crippen molar-refractivity contribution in [3.63, 3.8) is 0 Å². The summed E-state index contributed by atoms with van der Waals surface area (Å²) in [6.45, 7) is 3.54. The highest BCUT2D eigenvalue weighted by atomic mass is 16.2. The summed E-state index contributed by atoms with van der Waals surface area (Å²) in [4.78, 5) is 26.9. The van der Waals surface area contributed by atoms with Gasteiger partial charge in [-0.05, 0) is 50.0 Å². The molecule has 1 unspecified atom stereocenters. The van der Waals surface area contributed by atoms with Crippen molar-refractivity contribution in [3.05, 3.63) is 71.8 Å². The molecule has 1 saturated heterocycles. The molecule has 2 amide bonds. The summed E-state index contributed by atoms with van der Waals surface area (Å²) in [6.07, 6.45) is 3.49. The lowest BCUT2D eigenvalue weighted by Crippen LogP contribution is -2.37. The minimum Gasteiger partial charge on any atom is -0.352 e. The molecule has 1 heterocycles. The second kappa shape index (κ2) is 10.6. The van der Waals surface area contributed by atoms with Gasteiger partial charge in [-0.3, -0.25) is 9.59 Å². The lowest BCUT2D eigenvalue weighted by Gasteiger charge is -2.25. The van der Waals surface area contributed by atoms with E-state index in [4.69, 9.17) is 0 Å². The van der Waals surface area contributed by atoms with Gasteiger partial charge < -0.3 is 15.5 Å². The van der Waals surface area contributed by atoms with E-state index in [1.54, 1.807) is 12.1 Å². The maximum Gasteiger partial charge on any atom is 0.251 e. The predicted octanol–water partition coefficient (Wildman–Crippen LogP) is 3.15. The van der Waals surface area contributed by atoms with Crippen molar-refractivity contribution in [1.29, 1.82) is 0 Å². The highest BCUT2D eigenvalue weighted by molar-refractivity contribution is 5.94. The van der Waals surface area contributed by atoms with Crippen molar-refractivity contribution in [1.82, 2.24) is 15.5 Å². The molecule has 0 saturated carbocycles. The van der Waals surface area contributed by atoms with Crippen LogP contribution in [0.3, 0.4) is 0 Å². The SMILES string of the molecule is O=C(CCCNC(=O)c1ccccc1)NC(CN1CCCC1)c1ccccc1. The summed E-state index contributed by atoms with van der Waals surface area (Å²) >= 11 is 0. The Morgan fingerprint density at radius 1 is 0.929 bits per heavy atom. The predicted molar refractivity (Wildman–Crippen MR) is 111 cm³/mol. The van der Waals surface area contributed by atoms with Gasteiger partial charge in [0.2, 0.25) is 5.91 Å². The molecule has 0 bridgehead atoms. The average molecular weight is 380 g/mol. The maximum atomic E-state index is 12.5. The van der Waals surface area contributed by atoms with E-state index in [0.29, 0.717) is 24.9 Å².